The Labute approximate surface area is 67.6 Å². The average molecular weight is 156 g/mol. The summed E-state index contributed by atoms with van der Waals surface area (Å²) in [5.74, 6) is 1.23. The zero-order chi connectivity index (χ0) is 7.84. The quantitative estimate of drug-likeness (QED) is 0.609. The molecule has 2 heteroatoms. The molecule has 0 spiro atoms. The summed E-state index contributed by atoms with van der Waals surface area (Å²) in [6, 6.07) is 0. The van der Waals surface area contributed by atoms with Crippen LogP contribution in [0.25, 0.3) is 0 Å². The van der Waals surface area contributed by atoms with E-state index in [9.17, 15) is 0 Å². The Hall–Kier alpha value is -0.0800. The summed E-state index contributed by atoms with van der Waals surface area (Å²) < 4.78 is 5.43. The maximum absolute atomic E-state index is 9.07. The van der Waals surface area contributed by atoms with Gasteiger partial charge in [-0.05, 0) is 24.7 Å². The zero-order valence-corrected chi connectivity index (χ0v) is 6.99. The van der Waals surface area contributed by atoms with E-state index in [4.69, 9.17) is 9.84 Å². The van der Waals surface area contributed by atoms with E-state index < -0.39 is 0 Å². The number of aliphatic hydroxyl groups is 1. The first kappa shape index (κ1) is 7.56. The van der Waals surface area contributed by atoms with Crippen LogP contribution in [0.15, 0.2) is 0 Å². The van der Waals surface area contributed by atoms with Gasteiger partial charge >= 0.3 is 0 Å². The maximum Gasteiger partial charge on any atom is 0.0845 e. The second-order valence-electron chi connectivity index (χ2n) is 3.80. The van der Waals surface area contributed by atoms with Gasteiger partial charge in [0.2, 0.25) is 0 Å². The highest BCUT2D eigenvalue weighted by molar-refractivity contribution is 4.95. The Morgan fingerprint density at radius 3 is 2.45 bits per heavy atom. The highest BCUT2D eigenvalue weighted by atomic mass is 16.6. The maximum atomic E-state index is 9.07. The third kappa shape index (κ3) is 1.30. The fourth-order valence-corrected chi connectivity index (χ4v) is 2.30. The second kappa shape index (κ2) is 2.76. The molecule has 2 fully saturated rings. The summed E-state index contributed by atoms with van der Waals surface area (Å²) in [6.45, 7) is 2.56. The van der Waals surface area contributed by atoms with Crippen LogP contribution in [-0.4, -0.2) is 23.9 Å². The largest absolute Gasteiger partial charge is 0.396 e. The van der Waals surface area contributed by atoms with Crippen LogP contribution in [0, 0.1) is 11.8 Å². The molecule has 1 saturated carbocycles. The third-order valence-corrected chi connectivity index (χ3v) is 3.18. The molecule has 0 aromatic carbocycles. The summed E-state index contributed by atoms with van der Waals surface area (Å²) in [6.07, 6.45) is 4.54. The van der Waals surface area contributed by atoms with Gasteiger partial charge in [0.15, 0.2) is 0 Å². The van der Waals surface area contributed by atoms with Crippen molar-refractivity contribution < 1.29 is 9.84 Å². The zero-order valence-electron chi connectivity index (χ0n) is 6.99. The van der Waals surface area contributed by atoms with Crippen LogP contribution >= 0.6 is 0 Å². The Morgan fingerprint density at radius 2 is 1.91 bits per heavy atom. The van der Waals surface area contributed by atoms with Crippen LogP contribution in [0.1, 0.15) is 26.2 Å². The minimum Gasteiger partial charge on any atom is -0.396 e. The predicted octanol–water partition coefficient (Wildman–Crippen LogP) is 1.18. The first-order valence-electron chi connectivity index (χ1n) is 4.61. The lowest BCUT2D eigenvalue weighted by Crippen LogP contribution is -2.26. The molecular weight excluding hydrogens is 140 g/mol. The van der Waals surface area contributed by atoms with E-state index in [0.29, 0.717) is 30.7 Å². The van der Waals surface area contributed by atoms with Gasteiger partial charge in [-0.15, -0.1) is 0 Å². The van der Waals surface area contributed by atoms with Gasteiger partial charge in [0.1, 0.15) is 0 Å². The molecular formula is C9H16O2. The fraction of sp³-hybridized carbons (Fsp3) is 1.00. The molecule has 0 radical (unpaired) electrons. The van der Waals surface area contributed by atoms with Gasteiger partial charge in [-0.2, -0.15) is 0 Å². The lowest BCUT2D eigenvalue weighted by molar-refractivity contribution is 0.144. The average Bonchev–Trinajstić information content (AvgIpc) is 2.79. The number of hydrogen-bond donors (Lipinski definition) is 1. The van der Waals surface area contributed by atoms with Crippen LogP contribution in [0.2, 0.25) is 0 Å². The highest BCUT2D eigenvalue weighted by Crippen LogP contribution is 2.43. The third-order valence-electron chi connectivity index (χ3n) is 3.18. The molecule has 1 aliphatic carbocycles. The van der Waals surface area contributed by atoms with E-state index in [1.54, 1.807) is 0 Å². The molecule has 11 heavy (non-hydrogen) atoms. The van der Waals surface area contributed by atoms with Crippen molar-refractivity contribution in [3.8, 4) is 0 Å². The molecule has 0 amide bonds. The Bertz CT molecular complexity index is 130. The Balaban J connectivity index is 1.94. The van der Waals surface area contributed by atoms with E-state index in [0.717, 1.165) is 6.42 Å². The molecule has 1 aliphatic heterocycles. The molecule has 4 unspecified atom stereocenters. The standard InChI is InChI=1S/C9H16O2/c1-2-6-3-8-9(11-8)4-7(6)5-10/h6-10H,2-5H2,1H3. The first-order valence-corrected chi connectivity index (χ1v) is 4.61. The van der Waals surface area contributed by atoms with E-state index in [1.165, 1.54) is 12.8 Å². The summed E-state index contributed by atoms with van der Waals surface area (Å²) in [4.78, 5) is 0. The molecule has 1 N–H and O–H groups in total. The molecule has 64 valence electrons. The van der Waals surface area contributed by atoms with Gasteiger partial charge in [0.05, 0.1) is 12.2 Å². The van der Waals surface area contributed by atoms with Crippen molar-refractivity contribution in [2.75, 3.05) is 6.61 Å². The highest BCUT2D eigenvalue weighted by Gasteiger charge is 2.47. The monoisotopic (exact) mass is 156 g/mol. The molecule has 2 aliphatic rings. The van der Waals surface area contributed by atoms with Gasteiger partial charge in [0.25, 0.3) is 0 Å². The summed E-state index contributed by atoms with van der Waals surface area (Å²) in [5, 5.41) is 9.07. The smallest absolute Gasteiger partial charge is 0.0845 e. The molecule has 2 nitrogen and oxygen atoms in total. The van der Waals surface area contributed by atoms with Crippen molar-refractivity contribution in [2.24, 2.45) is 11.8 Å². The lowest BCUT2D eigenvalue weighted by atomic mass is 9.78. The van der Waals surface area contributed by atoms with Gasteiger partial charge in [-0.1, -0.05) is 13.3 Å². The van der Waals surface area contributed by atoms with Gasteiger partial charge < -0.3 is 9.84 Å². The number of ether oxygens (including phenoxy) is 1. The summed E-state index contributed by atoms with van der Waals surface area (Å²) >= 11 is 0. The SMILES string of the molecule is CCC1CC2OC2CC1CO. The summed E-state index contributed by atoms with van der Waals surface area (Å²) in [5.41, 5.74) is 0. The molecule has 1 saturated heterocycles. The second-order valence-corrected chi connectivity index (χ2v) is 3.80. The molecule has 0 bridgehead atoms. The van der Waals surface area contributed by atoms with Crippen molar-refractivity contribution in [1.82, 2.24) is 0 Å². The predicted molar refractivity (Wildman–Crippen MR) is 42.3 cm³/mol. The van der Waals surface area contributed by atoms with Crippen LogP contribution in [0.4, 0.5) is 0 Å². The topological polar surface area (TPSA) is 32.8 Å². The summed E-state index contributed by atoms with van der Waals surface area (Å²) in [7, 11) is 0. The molecule has 1 heterocycles. The van der Waals surface area contributed by atoms with Crippen molar-refractivity contribution in [2.45, 2.75) is 38.4 Å². The van der Waals surface area contributed by atoms with Crippen LogP contribution < -0.4 is 0 Å². The van der Waals surface area contributed by atoms with Crippen molar-refractivity contribution in [1.29, 1.82) is 0 Å². The van der Waals surface area contributed by atoms with Gasteiger partial charge in [0, 0.05) is 6.61 Å². The number of rotatable bonds is 2. The molecule has 0 aromatic rings. The number of fused-ring (bicyclic) bond motifs is 1. The van der Waals surface area contributed by atoms with Crippen LogP contribution in [0.5, 0.6) is 0 Å². The van der Waals surface area contributed by atoms with E-state index >= 15 is 0 Å². The fourth-order valence-electron chi connectivity index (χ4n) is 2.30. The normalized spacial score (nSPS) is 48.5. The van der Waals surface area contributed by atoms with Crippen molar-refractivity contribution in [3.05, 3.63) is 0 Å². The first-order chi connectivity index (χ1) is 5.35. The Kier molecular flexibility index (Phi) is 1.90. The molecule has 4 atom stereocenters. The van der Waals surface area contributed by atoms with E-state index in [1.807, 2.05) is 0 Å². The van der Waals surface area contributed by atoms with Crippen LogP contribution in [-0.2, 0) is 4.74 Å². The van der Waals surface area contributed by atoms with E-state index in [-0.39, 0.29) is 0 Å². The molecule has 2 rings (SSSR count). The lowest BCUT2D eigenvalue weighted by Gasteiger charge is -2.26. The minimum atomic E-state index is 0.352. The number of epoxide rings is 1. The minimum absolute atomic E-state index is 0.352. The molecule has 0 aromatic heterocycles. The van der Waals surface area contributed by atoms with Crippen LogP contribution in [0.3, 0.4) is 0 Å². The van der Waals surface area contributed by atoms with Gasteiger partial charge in [-0.25, -0.2) is 0 Å². The van der Waals surface area contributed by atoms with E-state index in [2.05, 4.69) is 6.92 Å². The van der Waals surface area contributed by atoms with Crippen molar-refractivity contribution >= 4 is 0 Å². The number of hydrogen-bond acceptors (Lipinski definition) is 2. The van der Waals surface area contributed by atoms with Gasteiger partial charge in [-0.3, -0.25) is 0 Å². The number of aliphatic hydroxyl groups excluding tert-OH is 1. The van der Waals surface area contributed by atoms with Crippen molar-refractivity contribution in [3.63, 3.8) is 0 Å². The Morgan fingerprint density at radius 1 is 1.27 bits per heavy atom.